The van der Waals surface area contributed by atoms with Crippen molar-refractivity contribution in [3.05, 3.63) is 54.4 Å². The zero-order valence-electron chi connectivity index (χ0n) is 11.2. The maximum Gasteiger partial charge on any atom is 0.237 e. The lowest BCUT2D eigenvalue weighted by atomic mass is 10.0. The summed E-state index contributed by atoms with van der Waals surface area (Å²) in [7, 11) is 0. The molecule has 2 aromatic rings. The van der Waals surface area contributed by atoms with Gasteiger partial charge in [-0.1, -0.05) is 24.3 Å². The molecule has 1 unspecified atom stereocenters. The van der Waals surface area contributed by atoms with Gasteiger partial charge in [-0.15, -0.1) is 0 Å². The molecule has 1 aliphatic heterocycles. The number of hydrogen-bond donors (Lipinski definition) is 2. The van der Waals surface area contributed by atoms with Crippen molar-refractivity contribution in [3.8, 4) is 11.1 Å². The Labute approximate surface area is 118 Å². The smallest absolute Gasteiger partial charge is 0.237 e. The standard InChI is InChI=1S/C16H17N3O/c20-16-15(18-9-10-19-16)11-12-1-3-13(4-2-12)14-5-7-17-8-6-14/h1-8,15,18H,9-11H2,(H,19,20). The van der Waals surface area contributed by atoms with E-state index in [9.17, 15) is 4.79 Å². The van der Waals surface area contributed by atoms with E-state index >= 15 is 0 Å². The van der Waals surface area contributed by atoms with Gasteiger partial charge in [-0.05, 0) is 35.2 Å². The lowest BCUT2D eigenvalue weighted by Gasteiger charge is -2.23. The Morgan fingerprint density at radius 3 is 2.40 bits per heavy atom. The van der Waals surface area contributed by atoms with Crippen LogP contribution in [0.15, 0.2) is 48.8 Å². The molecule has 0 radical (unpaired) electrons. The first-order valence-electron chi connectivity index (χ1n) is 6.83. The van der Waals surface area contributed by atoms with Crippen LogP contribution >= 0.6 is 0 Å². The molecule has 1 fully saturated rings. The second-order valence-electron chi connectivity index (χ2n) is 4.93. The third-order valence-electron chi connectivity index (χ3n) is 3.54. The fourth-order valence-electron chi connectivity index (χ4n) is 2.43. The fourth-order valence-corrected chi connectivity index (χ4v) is 2.43. The van der Waals surface area contributed by atoms with Crippen LogP contribution in [0.25, 0.3) is 11.1 Å². The van der Waals surface area contributed by atoms with Crippen LogP contribution in [0.4, 0.5) is 0 Å². The summed E-state index contributed by atoms with van der Waals surface area (Å²) in [5.74, 6) is 0.0921. The van der Waals surface area contributed by atoms with Crippen molar-refractivity contribution in [2.45, 2.75) is 12.5 Å². The number of piperazine rings is 1. The molecule has 20 heavy (non-hydrogen) atoms. The summed E-state index contributed by atoms with van der Waals surface area (Å²) in [4.78, 5) is 15.7. The minimum absolute atomic E-state index is 0.0921. The zero-order chi connectivity index (χ0) is 13.8. The van der Waals surface area contributed by atoms with E-state index in [1.165, 1.54) is 0 Å². The van der Waals surface area contributed by atoms with E-state index in [-0.39, 0.29) is 11.9 Å². The fraction of sp³-hybridized carbons (Fsp3) is 0.250. The highest BCUT2D eigenvalue weighted by Crippen LogP contribution is 2.19. The highest BCUT2D eigenvalue weighted by Gasteiger charge is 2.21. The molecule has 1 saturated heterocycles. The largest absolute Gasteiger partial charge is 0.353 e. The summed E-state index contributed by atoms with van der Waals surface area (Å²) in [6.07, 6.45) is 4.31. The second kappa shape index (κ2) is 5.84. The number of rotatable bonds is 3. The highest BCUT2D eigenvalue weighted by molar-refractivity contribution is 5.82. The Balaban J connectivity index is 1.72. The van der Waals surface area contributed by atoms with Gasteiger partial charge in [0.15, 0.2) is 0 Å². The summed E-state index contributed by atoms with van der Waals surface area (Å²) in [5.41, 5.74) is 3.48. The van der Waals surface area contributed by atoms with Gasteiger partial charge < -0.3 is 10.6 Å². The maximum absolute atomic E-state index is 11.7. The molecule has 1 amide bonds. The molecule has 4 nitrogen and oxygen atoms in total. The lowest BCUT2D eigenvalue weighted by molar-refractivity contribution is -0.124. The minimum Gasteiger partial charge on any atom is -0.353 e. The van der Waals surface area contributed by atoms with Crippen molar-refractivity contribution in [2.24, 2.45) is 0 Å². The Bertz CT molecular complexity index is 580. The number of nitrogens with zero attached hydrogens (tertiary/aromatic N) is 1. The molecule has 1 atom stereocenters. The number of carbonyl (C=O) groups is 1. The summed E-state index contributed by atoms with van der Waals surface area (Å²) in [5, 5.41) is 6.12. The van der Waals surface area contributed by atoms with Crippen molar-refractivity contribution >= 4 is 5.91 Å². The van der Waals surface area contributed by atoms with Crippen LogP contribution in [0.2, 0.25) is 0 Å². The minimum atomic E-state index is -0.115. The normalized spacial score (nSPS) is 18.6. The van der Waals surface area contributed by atoms with Crippen molar-refractivity contribution in [3.63, 3.8) is 0 Å². The van der Waals surface area contributed by atoms with Gasteiger partial charge in [0.2, 0.25) is 5.91 Å². The zero-order valence-corrected chi connectivity index (χ0v) is 11.2. The topological polar surface area (TPSA) is 54.0 Å². The molecule has 4 heteroatoms. The number of pyridine rings is 1. The Morgan fingerprint density at radius 2 is 1.70 bits per heavy atom. The highest BCUT2D eigenvalue weighted by atomic mass is 16.2. The number of nitrogens with one attached hydrogen (secondary N) is 2. The lowest BCUT2D eigenvalue weighted by Crippen LogP contribution is -2.53. The van der Waals surface area contributed by atoms with Gasteiger partial charge in [0.25, 0.3) is 0 Å². The van der Waals surface area contributed by atoms with E-state index in [1.54, 1.807) is 12.4 Å². The molecular weight excluding hydrogens is 250 g/mol. The molecular formula is C16H17N3O. The van der Waals surface area contributed by atoms with Gasteiger partial charge in [-0.3, -0.25) is 9.78 Å². The first-order chi connectivity index (χ1) is 9.83. The average Bonchev–Trinajstić information content (AvgIpc) is 2.51. The number of hydrogen-bond acceptors (Lipinski definition) is 3. The van der Waals surface area contributed by atoms with E-state index in [0.717, 1.165) is 36.2 Å². The van der Waals surface area contributed by atoms with E-state index in [4.69, 9.17) is 0 Å². The molecule has 0 spiro atoms. The molecule has 1 aromatic heterocycles. The van der Waals surface area contributed by atoms with Gasteiger partial charge in [-0.25, -0.2) is 0 Å². The summed E-state index contributed by atoms with van der Waals surface area (Å²) >= 11 is 0. The van der Waals surface area contributed by atoms with Gasteiger partial charge in [0, 0.05) is 25.5 Å². The first-order valence-corrected chi connectivity index (χ1v) is 6.83. The molecule has 102 valence electrons. The van der Waals surface area contributed by atoms with E-state index in [2.05, 4.69) is 39.9 Å². The van der Waals surface area contributed by atoms with Crippen LogP contribution in [0, 0.1) is 0 Å². The van der Waals surface area contributed by atoms with E-state index in [1.807, 2.05) is 12.1 Å². The number of aromatic nitrogens is 1. The molecule has 3 rings (SSSR count). The third-order valence-corrected chi connectivity index (χ3v) is 3.54. The number of amides is 1. The van der Waals surface area contributed by atoms with Crippen LogP contribution in [0.1, 0.15) is 5.56 Å². The maximum atomic E-state index is 11.7. The second-order valence-corrected chi connectivity index (χ2v) is 4.93. The predicted octanol–water partition coefficient (Wildman–Crippen LogP) is 1.38. The number of benzene rings is 1. The first kappa shape index (κ1) is 12.8. The predicted molar refractivity (Wildman–Crippen MR) is 78.2 cm³/mol. The Kier molecular flexibility index (Phi) is 3.74. The molecule has 2 heterocycles. The van der Waals surface area contributed by atoms with Crippen LogP contribution in [0.3, 0.4) is 0 Å². The summed E-state index contributed by atoms with van der Waals surface area (Å²) in [6, 6.07) is 12.2. The van der Waals surface area contributed by atoms with Crippen LogP contribution in [-0.4, -0.2) is 30.0 Å². The van der Waals surface area contributed by atoms with E-state index in [0.29, 0.717) is 0 Å². The third kappa shape index (κ3) is 2.86. The quantitative estimate of drug-likeness (QED) is 0.883. The molecule has 2 N–H and O–H groups in total. The number of carbonyl (C=O) groups excluding carboxylic acids is 1. The molecule has 1 aliphatic rings. The van der Waals surface area contributed by atoms with Crippen LogP contribution in [-0.2, 0) is 11.2 Å². The van der Waals surface area contributed by atoms with Crippen LogP contribution in [0.5, 0.6) is 0 Å². The molecule has 0 saturated carbocycles. The van der Waals surface area contributed by atoms with Gasteiger partial charge in [-0.2, -0.15) is 0 Å². The summed E-state index contributed by atoms with van der Waals surface area (Å²) in [6.45, 7) is 1.56. The average molecular weight is 267 g/mol. The van der Waals surface area contributed by atoms with Crippen LogP contribution < -0.4 is 10.6 Å². The van der Waals surface area contributed by atoms with Gasteiger partial charge >= 0.3 is 0 Å². The van der Waals surface area contributed by atoms with Gasteiger partial charge in [0.1, 0.15) is 0 Å². The molecule has 0 bridgehead atoms. The molecule has 0 aliphatic carbocycles. The van der Waals surface area contributed by atoms with Crippen molar-refractivity contribution in [1.82, 2.24) is 15.6 Å². The van der Waals surface area contributed by atoms with E-state index < -0.39 is 0 Å². The Hall–Kier alpha value is -2.20. The van der Waals surface area contributed by atoms with Crippen molar-refractivity contribution in [2.75, 3.05) is 13.1 Å². The SMILES string of the molecule is O=C1NCCNC1Cc1ccc(-c2ccncc2)cc1. The Morgan fingerprint density at radius 1 is 1.00 bits per heavy atom. The van der Waals surface area contributed by atoms with Crippen molar-refractivity contribution < 1.29 is 4.79 Å². The van der Waals surface area contributed by atoms with Gasteiger partial charge in [0.05, 0.1) is 6.04 Å². The summed E-state index contributed by atoms with van der Waals surface area (Å²) < 4.78 is 0. The van der Waals surface area contributed by atoms with Crippen molar-refractivity contribution in [1.29, 1.82) is 0 Å². The molecule has 1 aromatic carbocycles. The monoisotopic (exact) mass is 267 g/mol.